The largest absolute Gasteiger partial charge is 0.381 e. The van der Waals surface area contributed by atoms with Gasteiger partial charge in [0.15, 0.2) is 0 Å². The third-order valence-electron chi connectivity index (χ3n) is 2.41. The van der Waals surface area contributed by atoms with Crippen LogP contribution in [0.1, 0.15) is 13.8 Å². The van der Waals surface area contributed by atoms with E-state index in [-0.39, 0.29) is 0 Å². The van der Waals surface area contributed by atoms with Gasteiger partial charge in [-0.2, -0.15) is 0 Å². The van der Waals surface area contributed by atoms with Crippen molar-refractivity contribution in [2.24, 2.45) is 0 Å². The van der Waals surface area contributed by atoms with E-state index in [1.807, 2.05) is 36.9 Å². The van der Waals surface area contributed by atoms with Gasteiger partial charge in [0.1, 0.15) is 12.2 Å². The van der Waals surface area contributed by atoms with Gasteiger partial charge >= 0.3 is 0 Å². The van der Waals surface area contributed by atoms with Crippen LogP contribution in [0.2, 0.25) is 6.55 Å². The summed E-state index contributed by atoms with van der Waals surface area (Å²) in [5.74, 6) is 5.58. The molecule has 1 rings (SSSR count). The second-order valence-corrected chi connectivity index (χ2v) is 7.71. The third-order valence-corrected chi connectivity index (χ3v) is 5.19. The van der Waals surface area contributed by atoms with Crippen molar-refractivity contribution < 1.29 is 10.2 Å². The van der Waals surface area contributed by atoms with E-state index < -0.39 is 20.3 Å². The topological polar surface area (TPSA) is 40.5 Å². The lowest BCUT2D eigenvalue weighted by atomic mass is 10.4. The van der Waals surface area contributed by atoms with E-state index in [0.717, 1.165) is 5.19 Å². The minimum atomic E-state index is -2.29. The van der Waals surface area contributed by atoms with Crippen LogP contribution in [0.25, 0.3) is 0 Å². The van der Waals surface area contributed by atoms with Gasteiger partial charge < -0.3 is 10.2 Å². The van der Waals surface area contributed by atoms with Crippen LogP contribution in [0.15, 0.2) is 30.3 Å². The second kappa shape index (κ2) is 6.42. The van der Waals surface area contributed by atoms with Crippen LogP contribution < -0.4 is 5.19 Å². The Bertz CT molecular complexity index is 472. The molecule has 2 unspecified atom stereocenters. The van der Waals surface area contributed by atoms with Crippen molar-refractivity contribution in [1.29, 1.82) is 0 Å². The predicted octanol–water partition coefficient (Wildman–Crippen LogP) is 0.819. The number of benzene rings is 1. The first-order valence-electron chi connectivity index (χ1n) is 5.91. The highest BCUT2D eigenvalue weighted by molar-refractivity contribution is 7.03. The lowest BCUT2D eigenvalue weighted by molar-refractivity contribution is 0.253. The summed E-state index contributed by atoms with van der Waals surface area (Å²) in [6.07, 6.45) is -1.32. The SMILES string of the molecule is CC(O)C#C[Si](C)(C#CC(C)O)c1ccccc1. The molecule has 1 aromatic carbocycles. The van der Waals surface area contributed by atoms with Gasteiger partial charge in [0.05, 0.1) is 0 Å². The van der Waals surface area contributed by atoms with Crippen LogP contribution in [0.3, 0.4) is 0 Å². The molecular weight excluding hydrogens is 240 g/mol. The maximum atomic E-state index is 9.29. The molecule has 94 valence electrons. The summed E-state index contributed by atoms with van der Waals surface area (Å²) in [6, 6.07) is 9.85. The number of aliphatic hydroxyl groups excluding tert-OH is 2. The van der Waals surface area contributed by atoms with Gasteiger partial charge in [-0.25, -0.2) is 0 Å². The molecule has 2 N–H and O–H groups in total. The van der Waals surface area contributed by atoms with Gasteiger partial charge in [-0.15, -0.1) is 11.1 Å². The van der Waals surface area contributed by atoms with E-state index in [0.29, 0.717) is 0 Å². The smallest absolute Gasteiger partial charge is 0.243 e. The summed E-state index contributed by atoms with van der Waals surface area (Å²) >= 11 is 0. The van der Waals surface area contributed by atoms with Gasteiger partial charge in [0.25, 0.3) is 0 Å². The summed E-state index contributed by atoms with van der Waals surface area (Å²) < 4.78 is 0. The summed E-state index contributed by atoms with van der Waals surface area (Å²) in [7, 11) is -2.29. The maximum absolute atomic E-state index is 9.29. The fraction of sp³-hybridized carbons (Fsp3) is 0.333. The van der Waals surface area contributed by atoms with Crippen LogP contribution >= 0.6 is 0 Å². The summed E-state index contributed by atoms with van der Waals surface area (Å²) in [6.45, 7) is 5.29. The predicted molar refractivity (Wildman–Crippen MR) is 76.6 cm³/mol. The number of hydrogen-bond donors (Lipinski definition) is 2. The molecular formula is C15H18O2Si. The first kappa shape index (κ1) is 14.5. The van der Waals surface area contributed by atoms with Gasteiger partial charge in [-0.3, -0.25) is 0 Å². The average molecular weight is 258 g/mol. The Hall–Kier alpha value is -1.52. The summed E-state index contributed by atoms with van der Waals surface area (Å²) in [4.78, 5) is 0. The van der Waals surface area contributed by atoms with E-state index in [2.05, 4.69) is 22.9 Å². The molecule has 2 atom stereocenters. The molecule has 0 fully saturated rings. The minimum Gasteiger partial charge on any atom is -0.381 e. The van der Waals surface area contributed by atoms with Crippen LogP contribution in [0.5, 0.6) is 0 Å². The van der Waals surface area contributed by atoms with Crippen LogP contribution in [0, 0.1) is 22.9 Å². The van der Waals surface area contributed by atoms with Crippen molar-refractivity contribution in [1.82, 2.24) is 0 Å². The molecule has 0 heterocycles. The highest BCUT2D eigenvalue weighted by atomic mass is 28.3. The van der Waals surface area contributed by atoms with Gasteiger partial charge in [0, 0.05) is 0 Å². The Balaban J connectivity index is 3.20. The van der Waals surface area contributed by atoms with E-state index in [4.69, 9.17) is 0 Å². The monoisotopic (exact) mass is 258 g/mol. The summed E-state index contributed by atoms with van der Waals surface area (Å²) in [5.41, 5.74) is 6.24. The quantitative estimate of drug-likeness (QED) is 0.578. The molecule has 0 aliphatic carbocycles. The molecule has 0 spiro atoms. The molecule has 3 heteroatoms. The Morgan fingerprint density at radius 1 is 0.944 bits per heavy atom. The fourth-order valence-electron chi connectivity index (χ4n) is 1.44. The molecule has 0 saturated heterocycles. The molecule has 0 saturated carbocycles. The van der Waals surface area contributed by atoms with E-state index >= 15 is 0 Å². The molecule has 0 amide bonds. The van der Waals surface area contributed by atoms with Crippen LogP contribution in [-0.4, -0.2) is 30.5 Å². The number of hydrogen-bond acceptors (Lipinski definition) is 2. The van der Waals surface area contributed by atoms with Crippen molar-refractivity contribution >= 4 is 13.3 Å². The molecule has 0 bridgehead atoms. The number of aliphatic hydroxyl groups is 2. The first-order valence-corrected chi connectivity index (χ1v) is 8.41. The maximum Gasteiger partial charge on any atom is 0.243 e. The summed E-state index contributed by atoms with van der Waals surface area (Å²) in [5, 5.41) is 19.7. The van der Waals surface area contributed by atoms with E-state index in [1.165, 1.54) is 0 Å². The molecule has 0 radical (unpaired) electrons. The third kappa shape index (κ3) is 4.39. The Morgan fingerprint density at radius 3 is 1.78 bits per heavy atom. The highest BCUT2D eigenvalue weighted by Crippen LogP contribution is 2.02. The average Bonchev–Trinajstić information content (AvgIpc) is 2.35. The molecule has 1 aromatic rings. The van der Waals surface area contributed by atoms with Crippen molar-refractivity contribution in [2.75, 3.05) is 0 Å². The fourth-order valence-corrected chi connectivity index (χ4v) is 3.65. The normalized spacial score (nSPS) is 16.3. The number of rotatable bonds is 1. The Morgan fingerprint density at radius 2 is 1.39 bits per heavy atom. The van der Waals surface area contributed by atoms with Crippen molar-refractivity contribution in [3.63, 3.8) is 0 Å². The molecule has 2 nitrogen and oxygen atoms in total. The Labute approximate surface area is 110 Å². The standard InChI is InChI=1S/C15H18O2Si/c1-13(16)9-11-18(3,12-10-14(2)17)15-7-5-4-6-8-15/h4-8,13-14,16-17H,1-3H3. The van der Waals surface area contributed by atoms with Gasteiger partial charge in [-0.1, -0.05) is 42.2 Å². The van der Waals surface area contributed by atoms with Crippen molar-refractivity contribution in [3.8, 4) is 22.9 Å². The van der Waals surface area contributed by atoms with E-state index in [9.17, 15) is 10.2 Å². The van der Waals surface area contributed by atoms with Crippen LogP contribution in [-0.2, 0) is 0 Å². The zero-order valence-electron chi connectivity index (χ0n) is 10.9. The van der Waals surface area contributed by atoms with Crippen LogP contribution in [0.4, 0.5) is 0 Å². The lowest BCUT2D eigenvalue weighted by Gasteiger charge is -2.14. The molecule has 0 aliphatic heterocycles. The van der Waals surface area contributed by atoms with Gasteiger partial charge in [0.2, 0.25) is 8.07 Å². The molecule has 0 aromatic heterocycles. The second-order valence-electron chi connectivity index (χ2n) is 4.38. The molecule has 18 heavy (non-hydrogen) atoms. The minimum absolute atomic E-state index is 0.658. The van der Waals surface area contributed by atoms with Crippen molar-refractivity contribution in [3.05, 3.63) is 30.3 Å². The van der Waals surface area contributed by atoms with Gasteiger partial charge in [-0.05, 0) is 25.6 Å². The molecule has 0 aliphatic rings. The first-order chi connectivity index (χ1) is 8.44. The van der Waals surface area contributed by atoms with E-state index in [1.54, 1.807) is 13.8 Å². The highest BCUT2D eigenvalue weighted by Gasteiger charge is 2.25. The zero-order chi connectivity index (χ0) is 13.6. The van der Waals surface area contributed by atoms with Crippen molar-refractivity contribution in [2.45, 2.75) is 32.6 Å². The lowest BCUT2D eigenvalue weighted by Crippen LogP contribution is -2.43. The zero-order valence-corrected chi connectivity index (χ0v) is 11.9. The Kier molecular flexibility index (Phi) is 5.19.